The molecule has 5 nitrogen and oxygen atoms in total. The Morgan fingerprint density at radius 3 is 2.38 bits per heavy atom. The van der Waals surface area contributed by atoms with E-state index in [-0.39, 0.29) is 5.56 Å². The highest BCUT2D eigenvalue weighted by molar-refractivity contribution is 6.40. The smallest absolute Gasteiger partial charge is 0.335 e. The van der Waals surface area contributed by atoms with E-state index in [4.69, 9.17) is 23.2 Å². The first kappa shape index (κ1) is 16.2. The summed E-state index contributed by atoms with van der Waals surface area (Å²) in [7, 11) is 0. The molecule has 0 spiro atoms. The van der Waals surface area contributed by atoms with Crippen molar-refractivity contribution in [3.8, 4) is 0 Å². The molecule has 0 atom stereocenters. The van der Waals surface area contributed by atoms with Gasteiger partial charge in [-0.3, -0.25) is 9.78 Å². The van der Waals surface area contributed by atoms with Crippen molar-refractivity contribution in [3.63, 3.8) is 0 Å². The Bertz CT molecular complexity index is 959. The Hall–Kier alpha value is -2.63. The van der Waals surface area contributed by atoms with Crippen LogP contribution in [0.1, 0.15) is 20.7 Å². The van der Waals surface area contributed by atoms with Crippen molar-refractivity contribution in [1.82, 2.24) is 4.98 Å². The predicted molar refractivity (Wildman–Crippen MR) is 93.1 cm³/mol. The average molecular weight is 361 g/mol. The van der Waals surface area contributed by atoms with Gasteiger partial charge in [-0.05, 0) is 41.8 Å². The van der Waals surface area contributed by atoms with Crippen molar-refractivity contribution in [2.24, 2.45) is 0 Å². The number of rotatable bonds is 3. The first-order valence-corrected chi connectivity index (χ1v) is 7.59. The van der Waals surface area contributed by atoms with Gasteiger partial charge in [0.25, 0.3) is 5.91 Å². The predicted octanol–water partition coefficient (Wildman–Crippen LogP) is 4.49. The van der Waals surface area contributed by atoms with E-state index in [0.29, 0.717) is 32.1 Å². The number of nitrogens with zero attached hydrogens (tertiary/aromatic N) is 1. The maximum absolute atomic E-state index is 12.4. The molecule has 0 aliphatic heterocycles. The van der Waals surface area contributed by atoms with Crippen molar-refractivity contribution in [2.75, 3.05) is 5.32 Å². The highest BCUT2D eigenvalue weighted by Gasteiger charge is 2.15. The van der Waals surface area contributed by atoms with Crippen molar-refractivity contribution < 1.29 is 14.7 Å². The van der Waals surface area contributed by atoms with Crippen LogP contribution in [0.25, 0.3) is 10.8 Å². The summed E-state index contributed by atoms with van der Waals surface area (Å²) in [5, 5.41) is 13.7. The molecule has 0 unspecified atom stereocenters. The lowest BCUT2D eigenvalue weighted by molar-refractivity contribution is 0.0696. The highest BCUT2D eigenvalue weighted by Crippen LogP contribution is 2.35. The van der Waals surface area contributed by atoms with Gasteiger partial charge in [0.2, 0.25) is 0 Å². The molecule has 2 aromatic carbocycles. The number of nitrogens with one attached hydrogen (secondary N) is 1. The Labute approximate surface area is 146 Å². The van der Waals surface area contributed by atoms with Gasteiger partial charge in [-0.15, -0.1) is 0 Å². The molecule has 1 heterocycles. The van der Waals surface area contributed by atoms with Gasteiger partial charge in [-0.1, -0.05) is 23.2 Å². The van der Waals surface area contributed by atoms with Gasteiger partial charge >= 0.3 is 5.97 Å². The minimum atomic E-state index is -1.12. The zero-order valence-corrected chi connectivity index (χ0v) is 13.6. The molecule has 0 aliphatic rings. The summed E-state index contributed by atoms with van der Waals surface area (Å²) < 4.78 is 0. The lowest BCUT2D eigenvalue weighted by Crippen LogP contribution is -2.13. The number of anilines is 1. The number of carbonyl (C=O) groups is 2. The van der Waals surface area contributed by atoms with E-state index in [2.05, 4.69) is 10.3 Å². The molecule has 1 amide bonds. The fourth-order valence-corrected chi connectivity index (χ4v) is 2.96. The number of aromatic carboxylic acids is 1. The van der Waals surface area contributed by atoms with Gasteiger partial charge in [0.1, 0.15) is 0 Å². The molecule has 0 aliphatic carbocycles. The molecule has 0 saturated carbocycles. The van der Waals surface area contributed by atoms with Gasteiger partial charge in [0.05, 0.1) is 16.3 Å². The maximum atomic E-state index is 12.4. The van der Waals surface area contributed by atoms with Crippen LogP contribution in [0.2, 0.25) is 10.0 Å². The molecule has 3 rings (SSSR count). The summed E-state index contributed by atoms with van der Waals surface area (Å²) in [5.74, 6) is -1.51. The summed E-state index contributed by atoms with van der Waals surface area (Å²) in [6.45, 7) is 0. The Morgan fingerprint density at radius 1 is 1.00 bits per heavy atom. The molecular formula is C17H10Cl2N2O3. The molecule has 3 aromatic rings. The standard InChI is InChI=1S/C17H10Cl2N2O3/c18-12-6-10-5-11(17(23)24)7-14(15(10)13(19)8-12)21-16(22)9-1-3-20-4-2-9/h1-8H,(H,21,22)(H,23,24). The number of aromatic nitrogens is 1. The first-order valence-electron chi connectivity index (χ1n) is 6.83. The second-order valence-corrected chi connectivity index (χ2v) is 5.85. The summed E-state index contributed by atoms with van der Waals surface area (Å²) in [4.78, 5) is 27.5. The molecule has 24 heavy (non-hydrogen) atoms. The molecule has 1 aromatic heterocycles. The maximum Gasteiger partial charge on any atom is 0.335 e. The van der Waals surface area contributed by atoms with E-state index in [9.17, 15) is 14.7 Å². The van der Waals surface area contributed by atoms with Crippen molar-refractivity contribution in [2.45, 2.75) is 0 Å². The van der Waals surface area contributed by atoms with E-state index in [1.54, 1.807) is 18.2 Å². The molecule has 0 saturated heterocycles. The number of fused-ring (bicyclic) bond motifs is 1. The Kier molecular flexibility index (Phi) is 4.38. The lowest BCUT2D eigenvalue weighted by atomic mass is 10.0. The summed E-state index contributed by atoms with van der Waals surface area (Å²) in [6.07, 6.45) is 2.99. The topological polar surface area (TPSA) is 79.3 Å². The van der Waals surface area contributed by atoms with Gasteiger partial charge in [-0.2, -0.15) is 0 Å². The number of hydrogen-bond donors (Lipinski definition) is 2. The molecule has 2 N–H and O–H groups in total. The van der Waals surface area contributed by atoms with Crippen molar-refractivity contribution in [3.05, 3.63) is 70.0 Å². The third kappa shape index (κ3) is 3.18. The van der Waals surface area contributed by atoms with Gasteiger partial charge in [0, 0.05) is 28.4 Å². The number of amides is 1. The fraction of sp³-hybridized carbons (Fsp3) is 0. The van der Waals surface area contributed by atoms with Crippen LogP contribution >= 0.6 is 23.2 Å². The minimum absolute atomic E-state index is 0.0193. The number of benzene rings is 2. The summed E-state index contributed by atoms with van der Waals surface area (Å²) >= 11 is 12.2. The molecule has 0 fully saturated rings. The molecular weight excluding hydrogens is 351 g/mol. The van der Waals surface area contributed by atoms with Crippen LogP contribution in [0, 0.1) is 0 Å². The van der Waals surface area contributed by atoms with Gasteiger partial charge in [-0.25, -0.2) is 4.79 Å². The molecule has 120 valence electrons. The number of carboxylic acids is 1. The monoisotopic (exact) mass is 360 g/mol. The van der Waals surface area contributed by atoms with Crippen LogP contribution in [0.3, 0.4) is 0 Å². The SMILES string of the molecule is O=C(O)c1cc(NC(=O)c2ccncc2)c2c(Cl)cc(Cl)cc2c1. The average Bonchev–Trinajstić information content (AvgIpc) is 2.54. The van der Waals surface area contributed by atoms with Crippen LogP contribution < -0.4 is 5.32 Å². The zero-order chi connectivity index (χ0) is 17.3. The van der Waals surface area contributed by atoms with E-state index < -0.39 is 11.9 Å². The van der Waals surface area contributed by atoms with E-state index in [1.165, 1.54) is 30.6 Å². The van der Waals surface area contributed by atoms with Crippen LogP contribution in [0.4, 0.5) is 5.69 Å². The number of carbonyl (C=O) groups excluding carboxylic acids is 1. The van der Waals surface area contributed by atoms with E-state index in [1.807, 2.05) is 0 Å². The van der Waals surface area contributed by atoms with Crippen LogP contribution in [0.5, 0.6) is 0 Å². The van der Waals surface area contributed by atoms with Crippen molar-refractivity contribution in [1.29, 1.82) is 0 Å². The largest absolute Gasteiger partial charge is 0.478 e. The van der Waals surface area contributed by atoms with Gasteiger partial charge < -0.3 is 10.4 Å². The number of pyridine rings is 1. The van der Waals surface area contributed by atoms with Crippen LogP contribution in [-0.2, 0) is 0 Å². The summed E-state index contributed by atoms with van der Waals surface area (Å²) in [5.41, 5.74) is 0.711. The van der Waals surface area contributed by atoms with E-state index in [0.717, 1.165) is 0 Å². The Morgan fingerprint density at radius 2 is 1.71 bits per heavy atom. The third-order valence-corrected chi connectivity index (χ3v) is 3.92. The third-order valence-electron chi connectivity index (χ3n) is 3.40. The normalized spacial score (nSPS) is 10.6. The zero-order valence-electron chi connectivity index (χ0n) is 12.1. The van der Waals surface area contributed by atoms with Crippen molar-refractivity contribution >= 4 is 51.5 Å². The number of carboxylic acid groups (broad SMARTS) is 1. The van der Waals surface area contributed by atoms with Gasteiger partial charge in [0.15, 0.2) is 0 Å². The fourth-order valence-electron chi connectivity index (χ4n) is 2.35. The van der Waals surface area contributed by atoms with E-state index >= 15 is 0 Å². The highest BCUT2D eigenvalue weighted by atomic mass is 35.5. The molecule has 0 bridgehead atoms. The number of hydrogen-bond acceptors (Lipinski definition) is 3. The lowest BCUT2D eigenvalue weighted by Gasteiger charge is -2.12. The number of halogens is 2. The Balaban J connectivity index is 2.15. The quantitative estimate of drug-likeness (QED) is 0.720. The molecule has 0 radical (unpaired) electrons. The molecule has 7 heteroatoms. The van der Waals surface area contributed by atoms with Crippen LogP contribution in [-0.4, -0.2) is 22.0 Å². The second kappa shape index (κ2) is 6.47. The second-order valence-electron chi connectivity index (χ2n) is 5.00. The van der Waals surface area contributed by atoms with Crippen LogP contribution in [0.15, 0.2) is 48.8 Å². The minimum Gasteiger partial charge on any atom is -0.478 e. The summed E-state index contributed by atoms with van der Waals surface area (Å²) in [6, 6.07) is 9.06. The first-order chi connectivity index (χ1) is 11.5.